The van der Waals surface area contributed by atoms with Gasteiger partial charge < -0.3 is 0 Å². The van der Waals surface area contributed by atoms with Gasteiger partial charge >= 0.3 is 0 Å². The number of nitrogens with zero attached hydrogens (tertiary/aromatic N) is 2. The van der Waals surface area contributed by atoms with Gasteiger partial charge in [-0.05, 0) is 12.2 Å². The van der Waals surface area contributed by atoms with Crippen molar-refractivity contribution in [2.75, 3.05) is 0 Å². The zero-order chi connectivity index (χ0) is 6.97. The molecular weight excluding hydrogens is 128 g/mol. The summed E-state index contributed by atoms with van der Waals surface area (Å²) >= 11 is 0. The van der Waals surface area contributed by atoms with E-state index in [4.69, 9.17) is 0 Å². The topological polar surface area (TPSA) is 41.8 Å². The van der Waals surface area contributed by atoms with E-state index in [1.54, 1.807) is 18.4 Å². The van der Waals surface area contributed by atoms with Crippen molar-refractivity contribution in [3.8, 4) is 0 Å². The highest BCUT2D eigenvalue weighted by Crippen LogP contribution is 2.22. The van der Waals surface area contributed by atoms with Crippen molar-refractivity contribution < 1.29 is 4.79 Å². The summed E-state index contributed by atoms with van der Waals surface area (Å²) < 4.78 is 0. The Morgan fingerprint density at radius 2 is 2.30 bits per heavy atom. The van der Waals surface area contributed by atoms with E-state index in [9.17, 15) is 4.79 Å². The van der Waals surface area contributed by atoms with E-state index < -0.39 is 0 Å². The van der Waals surface area contributed by atoms with Gasteiger partial charge in [0, 0.05) is 6.21 Å². The molecule has 0 radical (unpaired) electrons. The van der Waals surface area contributed by atoms with Gasteiger partial charge in [0.2, 0.25) is 0 Å². The van der Waals surface area contributed by atoms with Crippen LogP contribution in [0.2, 0.25) is 0 Å². The Bertz CT molecular complexity index is 308. The predicted octanol–water partition coefficient (Wildman–Crippen LogP) is 0.492. The van der Waals surface area contributed by atoms with Crippen LogP contribution in [0.3, 0.4) is 0 Å². The summed E-state index contributed by atoms with van der Waals surface area (Å²) in [5.74, 6) is 0. The first-order chi connectivity index (χ1) is 4.90. The standard InChI is InChI=1S/C7H4N2O/c10-4-5-3-7-6(9-5)1-2-8-7/h1-4H. The van der Waals surface area contributed by atoms with Crippen LogP contribution < -0.4 is 0 Å². The lowest BCUT2D eigenvalue weighted by Crippen LogP contribution is -1.88. The Morgan fingerprint density at radius 1 is 1.40 bits per heavy atom. The average Bonchev–Trinajstić information content (AvgIpc) is 2.42. The number of rotatable bonds is 1. The van der Waals surface area contributed by atoms with Crippen molar-refractivity contribution in [3.63, 3.8) is 0 Å². The number of hydrogen-bond acceptors (Lipinski definition) is 3. The largest absolute Gasteiger partial charge is 0.296 e. The van der Waals surface area contributed by atoms with Crippen LogP contribution in [-0.4, -0.2) is 18.2 Å². The maximum atomic E-state index is 10.2. The highest BCUT2D eigenvalue weighted by molar-refractivity contribution is 6.35. The van der Waals surface area contributed by atoms with Crippen molar-refractivity contribution in [1.29, 1.82) is 0 Å². The van der Waals surface area contributed by atoms with Crippen LogP contribution in [-0.2, 0) is 4.79 Å². The summed E-state index contributed by atoms with van der Waals surface area (Å²) in [5, 5.41) is 0. The molecule has 0 spiro atoms. The van der Waals surface area contributed by atoms with Gasteiger partial charge in [0.1, 0.15) is 5.71 Å². The third kappa shape index (κ3) is 0.572. The summed E-state index contributed by atoms with van der Waals surface area (Å²) in [7, 11) is 0. The van der Waals surface area contributed by atoms with Gasteiger partial charge in [-0.3, -0.25) is 9.79 Å². The van der Waals surface area contributed by atoms with Gasteiger partial charge in [0.15, 0.2) is 6.29 Å². The fourth-order valence-corrected chi connectivity index (χ4v) is 0.917. The Labute approximate surface area is 57.5 Å². The van der Waals surface area contributed by atoms with E-state index in [1.807, 2.05) is 0 Å². The molecular formula is C7H4N2O. The summed E-state index contributed by atoms with van der Waals surface area (Å²) in [6, 6.07) is 0. The second-order valence-corrected chi connectivity index (χ2v) is 2.01. The minimum atomic E-state index is 0.457. The molecule has 0 atom stereocenters. The molecule has 10 heavy (non-hydrogen) atoms. The minimum absolute atomic E-state index is 0.457. The monoisotopic (exact) mass is 132 g/mol. The van der Waals surface area contributed by atoms with Crippen LogP contribution in [0.15, 0.2) is 33.5 Å². The summed E-state index contributed by atoms with van der Waals surface area (Å²) in [6.07, 6.45) is 5.85. The lowest BCUT2D eigenvalue weighted by atomic mass is 10.3. The number of aliphatic imine (C=N–C) groups is 2. The second-order valence-electron chi connectivity index (χ2n) is 2.01. The second kappa shape index (κ2) is 1.73. The van der Waals surface area contributed by atoms with Crippen molar-refractivity contribution in [2.45, 2.75) is 0 Å². The van der Waals surface area contributed by atoms with Gasteiger partial charge in [-0.25, -0.2) is 4.99 Å². The molecule has 0 amide bonds. The van der Waals surface area contributed by atoms with Crippen LogP contribution in [0.25, 0.3) is 0 Å². The Kier molecular flexibility index (Phi) is 0.917. The maximum absolute atomic E-state index is 10.2. The summed E-state index contributed by atoms with van der Waals surface area (Å²) in [5.41, 5.74) is 2.04. The normalized spacial score (nSPS) is 19.8. The van der Waals surface area contributed by atoms with Crippen molar-refractivity contribution in [2.24, 2.45) is 9.98 Å². The van der Waals surface area contributed by atoms with Gasteiger partial charge in [-0.2, -0.15) is 0 Å². The third-order valence-corrected chi connectivity index (χ3v) is 1.36. The third-order valence-electron chi connectivity index (χ3n) is 1.36. The van der Waals surface area contributed by atoms with Crippen molar-refractivity contribution in [1.82, 2.24) is 0 Å². The fraction of sp³-hybridized carbons (Fsp3) is 0. The zero-order valence-corrected chi connectivity index (χ0v) is 5.11. The maximum Gasteiger partial charge on any atom is 0.168 e. The first-order valence-electron chi connectivity index (χ1n) is 2.90. The lowest BCUT2D eigenvalue weighted by molar-refractivity contribution is -0.102. The number of hydrogen-bond donors (Lipinski definition) is 0. The number of aldehydes is 1. The molecule has 2 rings (SSSR count). The zero-order valence-electron chi connectivity index (χ0n) is 5.11. The number of allylic oxidation sites excluding steroid dienone is 2. The molecule has 3 nitrogen and oxygen atoms in total. The van der Waals surface area contributed by atoms with Crippen LogP contribution in [0.1, 0.15) is 0 Å². The number of carbonyl (C=O) groups excluding carboxylic acids is 1. The van der Waals surface area contributed by atoms with Gasteiger partial charge in [-0.1, -0.05) is 0 Å². The molecule has 0 aliphatic carbocycles. The summed E-state index contributed by atoms with van der Waals surface area (Å²) in [6.45, 7) is 0. The molecule has 0 unspecified atom stereocenters. The molecule has 0 bridgehead atoms. The Hall–Kier alpha value is -1.51. The van der Waals surface area contributed by atoms with E-state index >= 15 is 0 Å². The van der Waals surface area contributed by atoms with E-state index in [2.05, 4.69) is 9.98 Å². The molecule has 2 heterocycles. The molecule has 0 N–H and O–H groups in total. The molecule has 0 saturated heterocycles. The average molecular weight is 132 g/mol. The SMILES string of the molecule is O=CC1=NC2=CC=NC2=C1. The molecule has 3 heteroatoms. The van der Waals surface area contributed by atoms with Gasteiger partial charge in [-0.15, -0.1) is 0 Å². The van der Waals surface area contributed by atoms with Crippen LogP contribution in [0.5, 0.6) is 0 Å². The molecule has 48 valence electrons. The van der Waals surface area contributed by atoms with E-state index in [1.165, 1.54) is 0 Å². The predicted molar refractivity (Wildman–Crippen MR) is 38.2 cm³/mol. The Balaban J connectivity index is 2.46. The first kappa shape index (κ1) is 5.29. The molecule has 2 aliphatic rings. The number of carbonyl (C=O) groups is 1. The van der Waals surface area contributed by atoms with Crippen LogP contribution in [0, 0.1) is 0 Å². The van der Waals surface area contributed by atoms with Crippen molar-refractivity contribution in [3.05, 3.63) is 23.5 Å². The van der Waals surface area contributed by atoms with E-state index in [0.29, 0.717) is 5.71 Å². The van der Waals surface area contributed by atoms with E-state index in [0.717, 1.165) is 17.7 Å². The molecule has 0 aromatic rings. The van der Waals surface area contributed by atoms with Gasteiger partial charge in [0.25, 0.3) is 0 Å². The molecule has 0 aromatic carbocycles. The fourth-order valence-electron chi connectivity index (χ4n) is 0.917. The first-order valence-corrected chi connectivity index (χ1v) is 2.90. The summed E-state index contributed by atoms with van der Waals surface area (Å²) in [4.78, 5) is 18.1. The smallest absolute Gasteiger partial charge is 0.168 e. The van der Waals surface area contributed by atoms with Crippen LogP contribution >= 0.6 is 0 Å². The van der Waals surface area contributed by atoms with Gasteiger partial charge in [0.05, 0.1) is 11.4 Å². The molecule has 0 aromatic heterocycles. The number of fused-ring (bicyclic) bond motifs is 1. The minimum Gasteiger partial charge on any atom is -0.296 e. The molecule has 2 aliphatic heterocycles. The quantitative estimate of drug-likeness (QED) is 0.479. The van der Waals surface area contributed by atoms with Crippen molar-refractivity contribution >= 4 is 18.2 Å². The highest BCUT2D eigenvalue weighted by atomic mass is 16.1. The highest BCUT2D eigenvalue weighted by Gasteiger charge is 2.14. The van der Waals surface area contributed by atoms with Crippen LogP contribution in [0.4, 0.5) is 0 Å². The van der Waals surface area contributed by atoms with E-state index in [-0.39, 0.29) is 0 Å². The molecule has 0 fully saturated rings. The lowest BCUT2D eigenvalue weighted by Gasteiger charge is -1.82. The molecule has 0 saturated carbocycles. The Morgan fingerprint density at radius 3 is 3.00 bits per heavy atom.